The minimum absolute atomic E-state index is 0.0297. The molecule has 1 N–H and O–H groups in total. The third-order valence-corrected chi connectivity index (χ3v) is 3.56. The van der Waals surface area contributed by atoms with Crippen molar-refractivity contribution in [1.29, 1.82) is 0 Å². The van der Waals surface area contributed by atoms with Gasteiger partial charge < -0.3 is 10.2 Å². The van der Waals surface area contributed by atoms with E-state index in [2.05, 4.69) is 5.32 Å². The highest BCUT2D eigenvalue weighted by Crippen LogP contribution is 2.18. The van der Waals surface area contributed by atoms with Crippen molar-refractivity contribution < 1.29 is 14.0 Å². The number of likely N-dealkylation sites (tertiary alicyclic amines) is 1. The molecular formula is C15H20FN3O2. The number of nitrogens with zero attached hydrogens (tertiary/aromatic N) is 2. The molecule has 114 valence electrons. The Bertz CT molecular complexity index is 516. The summed E-state index contributed by atoms with van der Waals surface area (Å²) in [6.45, 7) is 0.905. The van der Waals surface area contributed by atoms with E-state index >= 15 is 0 Å². The number of nitrogens with one attached hydrogen (secondary N) is 1. The van der Waals surface area contributed by atoms with Crippen LogP contribution in [0.15, 0.2) is 24.3 Å². The van der Waals surface area contributed by atoms with Crippen molar-refractivity contribution in [3.8, 4) is 0 Å². The van der Waals surface area contributed by atoms with Gasteiger partial charge in [-0.15, -0.1) is 0 Å². The Hall–Kier alpha value is -1.95. The number of benzene rings is 1. The first-order chi connectivity index (χ1) is 9.97. The molecule has 5 nitrogen and oxygen atoms in total. The molecule has 1 aromatic rings. The van der Waals surface area contributed by atoms with Gasteiger partial charge in [0.05, 0.1) is 12.6 Å². The van der Waals surface area contributed by atoms with Crippen LogP contribution >= 0.6 is 0 Å². The number of carbonyl (C=O) groups excluding carboxylic acids is 2. The molecule has 2 rings (SSSR count). The minimum atomic E-state index is -0.343. The molecule has 0 radical (unpaired) electrons. The molecule has 6 heteroatoms. The van der Waals surface area contributed by atoms with E-state index in [1.54, 1.807) is 19.0 Å². The molecule has 0 saturated carbocycles. The number of rotatable bonds is 4. The molecule has 0 spiro atoms. The number of halogens is 1. The largest absolute Gasteiger partial charge is 0.347 e. The maximum atomic E-state index is 12.8. The second-order valence-corrected chi connectivity index (χ2v) is 5.42. The van der Waals surface area contributed by atoms with Crippen LogP contribution in [0.5, 0.6) is 0 Å². The first-order valence-electron chi connectivity index (χ1n) is 6.98. The smallest absolute Gasteiger partial charge is 0.239 e. The molecule has 2 amide bonds. The average molecular weight is 293 g/mol. The zero-order valence-electron chi connectivity index (χ0n) is 12.3. The summed E-state index contributed by atoms with van der Waals surface area (Å²) in [5.41, 5.74) is 0.552. The lowest BCUT2D eigenvalue weighted by molar-refractivity contribution is -0.133. The van der Waals surface area contributed by atoms with Crippen molar-refractivity contribution in [3.63, 3.8) is 0 Å². The van der Waals surface area contributed by atoms with Crippen molar-refractivity contribution in [2.45, 2.75) is 18.9 Å². The Kier molecular flexibility index (Phi) is 4.90. The van der Waals surface area contributed by atoms with Gasteiger partial charge in [-0.05, 0) is 43.7 Å². The van der Waals surface area contributed by atoms with Gasteiger partial charge in [0.1, 0.15) is 5.82 Å². The van der Waals surface area contributed by atoms with Crippen molar-refractivity contribution in [1.82, 2.24) is 9.80 Å². The van der Waals surface area contributed by atoms with Crippen LogP contribution in [0.1, 0.15) is 12.8 Å². The summed E-state index contributed by atoms with van der Waals surface area (Å²) in [4.78, 5) is 27.5. The number of likely N-dealkylation sites (N-methyl/N-ethyl adjacent to an activating group) is 1. The molecule has 1 fully saturated rings. The van der Waals surface area contributed by atoms with Crippen molar-refractivity contribution >= 4 is 17.5 Å². The fourth-order valence-electron chi connectivity index (χ4n) is 2.51. The zero-order valence-corrected chi connectivity index (χ0v) is 12.3. The SMILES string of the molecule is CN(C)C(=O)[C@H]1CCCN1CC(=O)Nc1ccc(F)cc1. The van der Waals surface area contributed by atoms with Crippen LogP contribution in [0, 0.1) is 5.82 Å². The van der Waals surface area contributed by atoms with Crippen LogP contribution < -0.4 is 5.32 Å². The third-order valence-electron chi connectivity index (χ3n) is 3.56. The molecule has 0 aliphatic carbocycles. The van der Waals surface area contributed by atoms with Gasteiger partial charge >= 0.3 is 0 Å². The lowest BCUT2D eigenvalue weighted by atomic mass is 10.2. The lowest BCUT2D eigenvalue weighted by Crippen LogP contribution is -2.45. The van der Waals surface area contributed by atoms with Crippen LogP contribution in [0.25, 0.3) is 0 Å². The van der Waals surface area contributed by atoms with E-state index in [0.717, 1.165) is 19.4 Å². The molecular weight excluding hydrogens is 273 g/mol. The topological polar surface area (TPSA) is 52.7 Å². The van der Waals surface area contributed by atoms with Gasteiger partial charge in [-0.3, -0.25) is 14.5 Å². The first-order valence-corrected chi connectivity index (χ1v) is 6.98. The van der Waals surface area contributed by atoms with Gasteiger partial charge in [0, 0.05) is 19.8 Å². The summed E-state index contributed by atoms with van der Waals surface area (Å²) in [5.74, 6) is -0.508. The Morgan fingerprint density at radius 3 is 2.62 bits per heavy atom. The monoisotopic (exact) mass is 293 g/mol. The van der Waals surface area contributed by atoms with E-state index in [4.69, 9.17) is 0 Å². The highest BCUT2D eigenvalue weighted by Gasteiger charge is 2.32. The Morgan fingerprint density at radius 2 is 2.00 bits per heavy atom. The number of hydrogen-bond acceptors (Lipinski definition) is 3. The van der Waals surface area contributed by atoms with Gasteiger partial charge in [-0.25, -0.2) is 4.39 Å². The molecule has 0 unspecified atom stereocenters. The first kappa shape index (κ1) is 15.4. The third kappa shape index (κ3) is 4.01. The van der Waals surface area contributed by atoms with Crippen molar-refractivity contribution in [3.05, 3.63) is 30.1 Å². The van der Waals surface area contributed by atoms with Crippen LogP contribution in [-0.4, -0.2) is 54.8 Å². The van der Waals surface area contributed by atoms with Crippen molar-refractivity contribution in [2.24, 2.45) is 0 Å². The summed E-state index contributed by atoms with van der Waals surface area (Å²) in [5, 5.41) is 2.71. The molecule has 0 bridgehead atoms. The normalized spacial score (nSPS) is 18.5. The molecule has 1 heterocycles. The minimum Gasteiger partial charge on any atom is -0.347 e. The molecule has 1 saturated heterocycles. The summed E-state index contributed by atoms with van der Waals surface area (Å²) < 4.78 is 12.8. The van der Waals surface area contributed by atoms with E-state index in [1.165, 1.54) is 24.3 Å². The predicted octanol–water partition coefficient (Wildman–Crippen LogP) is 1.32. The maximum Gasteiger partial charge on any atom is 0.239 e. The summed E-state index contributed by atoms with van der Waals surface area (Å²) >= 11 is 0. The number of carbonyl (C=O) groups is 2. The molecule has 0 aromatic heterocycles. The Labute approximate surface area is 123 Å². The Morgan fingerprint density at radius 1 is 1.33 bits per heavy atom. The Balaban J connectivity index is 1.92. The van der Waals surface area contributed by atoms with E-state index < -0.39 is 0 Å². The molecule has 1 aliphatic heterocycles. The number of hydrogen-bond donors (Lipinski definition) is 1. The number of amides is 2. The van der Waals surface area contributed by atoms with E-state index in [0.29, 0.717) is 5.69 Å². The number of anilines is 1. The average Bonchev–Trinajstić information content (AvgIpc) is 2.88. The second kappa shape index (κ2) is 6.67. The van der Waals surface area contributed by atoms with Gasteiger partial charge in [0.25, 0.3) is 0 Å². The van der Waals surface area contributed by atoms with E-state index in [-0.39, 0.29) is 30.2 Å². The van der Waals surface area contributed by atoms with Crippen LogP contribution in [0.4, 0.5) is 10.1 Å². The molecule has 1 atom stereocenters. The van der Waals surface area contributed by atoms with Gasteiger partial charge in [0.2, 0.25) is 11.8 Å². The summed E-state index contributed by atoms with van der Waals surface area (Å²) in [6, 6.07) is 5.39. The maximum absolute atomic E-state index is 12.8. The summed E-state index contributed by atoms with van der Waals surface area (Å²) in [7, 11) is 3.44. The standard InChI is InChI=1S/C15H20FN3O2/c1-18(2)15(21)13-4-3-9-19(13)10-14(20)17-12-7-5-11(16)6-8-12/h5-8,13H,3-4,9-10H2,1-2H3,(H,17,20)/t13-/m1/s1. The quantitative estimate of drug-likeness (QED) is 0.911. The van der Waals surface area contributed by atoms with E-state index in [1.807, 2.05) is 4.90 Å². The molecule has 1 aliphatic rings. The lowest BCUT2D eigenvalue weighted by Gasteiger charge is -2.25. The van der Waals surface area contributed by atoms with Crippen LogP contribution in [0.3, 0.4) is 0 Å². The van der Waals surface area contributed by atoms with Crippen LogP contribution in [0.2, 0.25) is 0 Å². The predicted molar refractivity (Wildman–Crippen MR) is 78.3 cm³/mol. The summed E-state index contributed by atoms with van der Waals surface area (Å²) in [6.07, 6.45) is 1.69. The van der Waals surface area contributed by atoms with Gasteiger partial charge in [-0.2, -0.15) is 0 Å². The highest BCUT2D eigenvalue weighted by molar-refractivity contribution is 5.93. The zero-order chi connectivity index (χ0) is 15.4. The fourth-order valence-corrected chi connectivity index (χ4v) is 2.51. The molecule has 1 aromatic carbocycles. The van der Waals surface area contributed by atoms with Gasteiger partial charge in [0.15, 0.2) is 0 Å². The van der Waals surface area contributed by atoms with Gasteiger partial charge in [-0.1, -0.05) is 0 Å². The second-order valence-electron chi connectivity index (χ2n) is 5.42. The van der Waals surface area contributed by atoms with Crippen LogP contribution in [-0.2, 0) is 9.59 Å². The van der Waals surface area contributed by atoms with Crippen molar-refractivity contribution in [2.75, 3.05) is 32.5 Å². The molecule has 21 heavy (non-hydrogen) atoms. The highest BCUT2D eigenvalue weighted by atomic mass is 19.1. The fraction of sp³-hybridized carbons (Fsp3) is 0.467. The van der Waals surface area contributed by atoms with E-state index in [9.17, 15) is 14.0 Å².